The maximum absolute atomic E-state index is 13.3. The fraction of sp³-hybridized carbons (Fsp3) is 0.571. The van der Waals surface area contributed by atoms with E-state index in [1.54, 1.807) is 12.1 Å². The first-order valence-electron chi connectivity index (χ1n) is 6.68. The third-order valence-electron chi connectivity index (χ3n) is 3.71. The van der Waals surface area contributed by atoms with Crippen molar-refractivity contribution in [3.8, 4) is 5.75 Å². The summed E-state index contributed by atoms with van der Waals surface area (Å²) >= 11 is 0. The Morgan fingerprint density at radius 1 is 1.50 bits per heavy atom. The van der Waals surface area contributed by atoms with E-state index >= 15 is 0 Å². The lowest BCUT2D eigenvalue weighted by Crippen LogP contribution is -2.26. The first-order valence-corrected chi connectivity index (χ1v) is 8.50. The van der Waals surface area contributed by atoms with E-state index in [4.69, 9.17) is 4.74 Å². The number of hydrogen-bond donors (Lipinski definition) is 1. The Balaban J connectivity index is 1.93. The van der Waals surface area contributed by atoms with Crippen LogP contribution in [0, 0.1) is 11.7 Å². The molecule has 112 valence electrons. The van der Waals surface area contributed by atoms with Gasteiger partial charge in [0.1, 0.15) is 0 Å². The van der Waals surface area contributed by atoms with Crippen LogP contribution in [0.2, 0.25) is 0 Å². The molecule has 0 aliphatic carbocycles. The minimum Gasteiger partial charge on any atom is -0.494 e. The summed E-state index contributed by atoms with van der Waals surface area (Å²) in [5.41, 5.74) is 0.920. The van der Waals surface area contributed by atoms with Crippen LogP contribution < -0.4 is 10.1 Å². The lowest BCUT2D eigenvalue weighted by Gasteiger charge is -2.17. The summed E-state index contributed by atoms with van der Waals surface area (Å²) in [7, 11) is -1.40. The molecule has 1 aromatic rings. The topological polar surface area (TPSA) is 55.4 Å². The van der Waals surface area contributed by atoms with Gasteiger partial charge in [0.2, 0.25) is 0 Å². The van der Waals surface area contributed by atoms with Crippen LogP contribution >= 0.6 is 0 Å². The molecule has 0 bridgehead atoms. The third kappa shape index (κ3) is 3.70. The zero-order chi connectivity index (χ0) is 14.8. The number of halogens is 1. The molecule has 4 nitrogen and oxygen atoms in total. The van der Waals surface area contributed by atoms with E-state index in [2.05, 4.69) is 5.32 Å². The summed E-state index contributed by atoms with van der Waals surface area (Å²) in [4.78, 5) is 0. The molecular formula is C14H20FNO3S. The van der Waals surface area contributed by atoms with E-state index in [0.29, 0.717) is 6.54 Å². The molecule has 0 amide bonds. The van der Waals surface area contributed by atoms with Crippen molar-refractivity contribution in [2.24, 2.45) is 5.92 Å². The van der Waals surface area contributed by atoms with Gasteiger partial charge in [-0.2, -0.15) is 0 Å². The van der Waals surface area contributed by atoms with Gasteiger partial charge in [-0.15, -0.1) is 0 Å². The summed E-state index contributed by atoms with van der Waals surface area (Å²) < 4.78 is 41.1. The number of nitrogens with one attached hydrogen (secondary N) is 1. The quantitative estimate of drug-likeness (QED) is 0.903. The summed E-state index contributed by atoms with van der Waals surface area (Å²) in [5.74, 6) is 0.562. The van der Waals surface area contributed by atoms with Crippen molar-refractivity contribution < 1.29 is 17.5 Å². The molecule has 1 aliphatic rings. The van der Waals surface area contributed by atoms with Crippen LogP contribution in [0.4, 0.5) is 4.39 Å². The van der Waals surface area contributed by atoms with Crippen molar-refractivity contribution in [1.29, 1.82) is 0 Å². The van der Waals surface area contributed by atoms with E-state index < -0.39 is 9.84 Å². The van der Waals surface area contributed by atoms with Gasteiger partial charge in [0, 0.05) is 6.04 Å². The lowest BCUT2D eigenvalue weighted by atomic mass is 10.1. The number of hydrogen-bond acceptors (Lipinski definition) is 4. The van der Waals surface area contributed by atoms with Crippen LogP contribution in [-0.2, 0) is 9.84 Å². The molecule has 6 heteroatoms. The minimum absolute atomic E-state index is 0.0211. The summed E-state index contributed by atoms with van der Waals surface area (Å²) in [6.45, 7) is 2.62. The molecule has 1 aliphatic heterocycles. The first kappa shape index (κ1) is 15.3. The molecule has 2 rings (SSSR count). The number of benzene rings is 1. The normalized spacial score (nSPS) is 22.6. The highest BCUT2D eigenvalue weighted by atomic mass is 32.2. The number of methoxy groups -OCH3 is 1. The average molecular weight is 301 g/mol. The van der Waals surface area contributed by atoms with Gasteiger partial charge in [0.05, 0.1) is 18.6 Å². The summed E-state index contributed by atoms with van der Waals surface area (Å²) in [6, 6.07) is 4.78. The SMILES string of the molecule is COc1cc(C(C)NCC2CCS(=O)(=O)C2)ccc1F. The zero-order valence-electron chi connectivity index (χ0n) is 11.7. The molecule has 1 heterocycles. The molecule has 1 fully saturated rings. The monoisotopic (exact) mass is 301 g/mol. The van der Waals surface area contributed by atoms with Crippen LogP contribution in [0.1, 0.15) is 24.9 Å². The standard InChI is InChI=1S/C14H20FNO3S/c1-10(12-3-4-13(15)14(7-12)19-2)16-8-11-5-6-20(17,18)9-11/h3-4,7,10-11,16H,5-6,8-9H2,1-2H3. The molecule has 1 saturated heterocycles. The minimum atomic E-state index is -2.83. The Morgan fingerprint density at radius 2 is 2.25 bits per heavy atom. The van der Waals surface area contributed by atoms with E-state index in [9.17, 15) is 12.8 Å². The highest BCUT2D eigenvalue weighted by Gasteiger charge is 2.27. The van der Waals surface area contributed by atoms with E-state index in [0.717, 1.165) is 12.0 Å². The maximum Gasteiger partial charge on any atom is 0.165 e. The smallest absolute Gasteiger partial charge is 0.165 e. The zero-order valence-corrected chi connectivity index (χ0v) is 12.5. The summed E-state index contributed by atoms with van der Waals surface area (Å²) in [6.07, 6.45) is 0.717. The molecule has 1 N–H and O–H groups in total. The van der Waals surface area contributed by atoms with Crippen LogP contribution in [0.3, 0.4) is 0 Å². The Labute approximate surface area is 119 Å². The highest BCUT2D eigenvalue weighted by molar-refractivity contribution is 7.91. The van der Waals surface area contributed by atoms with Gasteiger partial charge in [-0.25, -0.2) is 12.8 Å². The number of rotatable bonds is 5. The third-order valence-corrected chi connectivity index (χ3v) is 5.55. The van der Waals surface area contributed by atoms with Gasteiger partial charge >= 0.3 is 0 Å². The fourth-order valence-electron chi connectivity index (χ4n) is 2.44. The molecular weight excluding hydrogens is 281 g/mol. The Morgan fingerprint density at radius 3 is 2.85 bits per heavy atom. The largest absolute Gasteiger partial charge is 0.494 e. The first-order chi connectivity index (χ1) is 9.41. The molecule has 1 aromatic carbocycles. The van der Waals surface area contributed by atoms with Crippen LogP contribution in [0.15, 0.2) is 18.2 Å². The van der Waals surface area contributed by atoms with Crippen molar-refractivity contribution in [2.75, 3.05) is 25.2 Å². The van der Waals surface area contributed by atoms with Gasteiger partial charge < -0.3 is 10.1 Å². The van der Waals surface area contributed by atoms with Crippen molar-refractivity contribution in [1.82, 2.24) is 5.32 Å². The van der Waals surface area contributed by atoms with Gasteiger partial charge in [-0.3, -0.25) is 0 Å². The average Bonchev–Trinajstić information content (AvgIpc) is 2.76. The predicted octanol–water partition coefficient (Wildman–Crippen LogP) is 1.92. The van der Waals surface area contributed by atoms with Crippen LogP contribution in [-0.4, -0.2) is 33.6 Å². The summed E-state index contributed by atoms with van der Waals surface area (Å²) in [5, 5.41) is 3.31. The van der Waals surface area contributed by atoms with Gasteiger partial charge in [-0.05, 0) is 43.5 Å². The highest BCUT2D eigenvalue weighted by Crippen LogP contribution is 2.23. The van der Waals surface area contributed by atoms with E-state index in [1.807, 2.05) is 6.92 Å². The van der Waals surface area contributed by atoms with E-state index in [-0.39, 0.29) is 35.0 Å². The van der Waals surface area contributed by atoms with Gasteiger partial charge in [0.25, 0.3) is 0 Å². The number of sulfone groups is 1. The van der Waals surface area contributed by atoms with Crippen molar-refractivity contribution in [2.45, 2.75) is 19.4 Å². The van der Waals surface area contributed by atoms with Crippen molar-refractivity contribution >= 4 is 9.84 Å². The van der Waals surface area contributed by atoms with Gasteiger partial charge in [-0.1, -0.05) is 6.07 Å². The van der Waals surface area contributed by atoms with Crippen molar-refractivity contribution in [3.63, 3.8) is 0 Å². The second kappa shape index (κ2) is 6.10. The van der Waals surface area contributed by atoms with Crippen LogP contribution in [0.5, 0.6) is 5.75 Å². The molecule has 0 spiro atoms. The van der Waals surface area contributed by atoms with E-state index in [1.165, 1.54) is 13.2 Å². The molecule has 0 saturated carbocycles. The predicted molar refractivity (Wildman–Crippen MR) is 76.1 cm³/mol. The Kier molecular flexibility index (Phi) is 4.65. The maximum atomic E-state index is 13.3. The van der Waals surface area contributed by atoms with Gasteiger partial charge in [0.15, 0.2) is 21.4 Å². The van der Waals surface area contributed by atoms with Crippen LogP contribution in [0.25, 0.3) is 0 Å². The molecule has 2 unspecified atom stereocenters. The molecule has 20 heavy (non-hydrogen) atoms. The lowest BCUT2D eigenvalue weighted by molar-refractivity contribution is 0.384. The molecule has 0 aromatic heterocycles. The van der Waals surface area contributed by atoms with Crippen molar-refractivity contribution in [3.05, 3.63) is 29.6 Å². The Bertz CT molecular complexity index is 574. The fourth-order valence-corrected chi connectivity index (χ4v) is 4.30. The second-order valence-corrected chi connectivity index (χ2v) is 7.52. The number of ether oxygens (including phenoxy) is 1. The second-order valence-electron chi connectivity index (χ2n) is 5.29. The Hall–Kier alpha value is -1.14. The molecule has 0 radical (unpaired) electrons. The molecule has 2 atom stereocenters.